The Morgan fingerprint density at radius 3 is 1.99 bits per heavy atom. The molecule has 2 amide bonds. The fourth-order valence-electron chi connectivity index (χ4n) is 9.41. The molecule has 0 saturated carbocycles. The van der Waals surface area contributed by atoms with Crippen molar-refractivity contribution in [2.24, 2.45) is 0 Å². The van der Waals surface area contributed by atoms with Crippen molar-refractivity contribution >= 4 is 47.2 Å². The van der Waals surface area contributed by atoms with Gasteiger partial charge < -0.3 is 57.8 Å². The fourth-order valence-corrected chi connectivity index (χ4v) is 13.5. The average molecular weight is 1150 g/mol. The number of phosphoric acid groups is 1. The Bertz CT molecular complexity index is 2920. The van der Waals surface area contributed by atoms with Crippen LogP contribution in [0.4, 0.5) is 4.79 Å². The summed E-state index contributed by atoms with van der Waals surface area (Å²) in [5, 5.41) is 12.5. The maximum atomic E-state index is 16.1. The van der Waals surface area contributed by atoms with Gasteiger partial charge >= 0.3 is 25.5 Å². The molecule has 23 nitrogen and oxygen atoms in total. The van der Waals surface area contributed by atoms with Gasteiger partial charge in [-0.3, -0.25) is 37.6 Å². The summed E-state index contributed by atoms with van der Waals surface area (Å²) in [4.78, 5) is 67.9. The van der Waals surface area contributed by atoms with Crippen LogP contribution in [0.3, 0.4) is 0 Å². The molecule has 4 aromatic rings. The molecule has 5 heterocycles. The summed E-state index contributed by atoms with van der Waals surface area (Å²) < 4.78 is 91.9. The lowest BCUT2D eigenvalue weighted by molar-refractivity contribution is -0.158. The predicted octanol–water partition coefficient (Wildman–Crippen LogP) is 4.66. The van der Waals surface area contributed by atoms with E-state index in [4.69, 9.17) is 62.6 Å². The molecule has 3 fully saturated rings. The van der Waals surface area contributed by atoms with Gasteiger partial charge in [-0.05, 0) is 54.0 Å². The van der Waals surface area contributed by atoms with Crippen LogP contribution in [0.1, 0.15) is 42.7 Å². The van der Waals surface area contributed by atoms with E-state index in [1.807, 2.05) is 54.6 Å². The molecule has 12 atom stereocenters. The molecular formula is C53H61N4O19PS2. The number of aliphatic hydroxyl groups excluding tert-OH is 1. The number of hydrogen-bond donors (Lipinski definition) is 3. The van der Waals surface area contributed by atoms with Gasteiger partial charge in [-0.2, -0.15) is 0 Å². The highest BCUT2D eigenvalue weighted by Gasteiger charge is 2.56. The number of nitrogens with zero attached hydrogens (tertiary/aromatic N) is 2. The zero-order chi connectivity index (χ0) is 56.3. The second kappa shape index (κ2) is 27.1. The van der Waals surface area contributed by atoms with E-state index in [1.54, 1.807) is 38.5 Å². The van der Waals surface area contributed by atoms with Gasteiger partial charge in [0, 0.05) is 50.6 Å². The summed E-state index contributed by atoms with van der Waals surface area (Å²) in [5.41, 5.74) is -1.03. The molecule has 8 rings (SSSR count). The Balaban J connectivity index is 1.21. The zero-order valence-electron chi connectivity index (χ0n) is 43.6. The van der Waals surface area contributed by atoms with Gasteiger partial charge in [-0.1, -0.05) is 82.1 Å². The van der Waals surface area contributed by atoms with Gasteiger partial charge in [-0.25, -0.2) is 14.2 Å². The second-order valence-electron chi connectivity index (χ2n) is 18.2. The lowest BCUT2D eigenvalue weighted by atomic mass is 9.80. The van der Waals surface area contributed by atoms with Gasteiger partial charge in [0.2, 0.25) is 0 Å². The molecule has 8 unspecified atom stereocenters. The number of ketones is 1. The minimum Gasteiger partial charge on any atom is -0.497 e. The third-order valence-corrected chi connectivity index (χ3v) is 17.2. The molecule has 424 valence electrons. The second-order valence-corrected chi connectivity index (χ2v) is 22.4. The number of ether oxygens (including phenoxy) is 9. The molecule has 26 heteroatoms. The summed E-state index contributed by atoms with van der Waals surface area (Å²) >= 11 is 0. The summed E-state index contributed by atoms with van der Waals surface area (Å²) in [7, 11) is 3.47. The molecule has 0 spiro atoms. The molecule has 3 aromatic carbocycles. The standard InChI is InChI=1S/C53H61N4O19PS2/c1-7-27-69-40-30-78-79-31-41(40)75-77(64,71-29-39-45(74-44(61)22-13-32(2)58)47(67-5)49(73-39)56-25-23-42(59)54-51(56)62)76-46-38(72-50(48(46)68-6)57-26-24-43(60)55-52(57)63)28-70-53(33-11-9-8-10-12-33,34-14-18-36(65-3)19-15-34)35-16-20-37(66-4)21-17-35/h1,8-12,14-21,23-26,38-42,45-50,59H,13,22,27-31H2,2-6H3,(H,54,62)(H,55,60,63)/t38?,39?,40?,41-,42?,45-,46?,47-,48?,49+,50?,77?/m1/s1. The zero-order valence-corrected chi connectivity index (χ0v) is 46.2. The number of carbonyl (C=O) groups excluding carboxylic acids is 3. The first-order valence-electron chi connectivity index (χ1n) is 24.9. The van der Waals surface area contributed by atoms with Crippen molar-refractivity contribution in [1.29, 1.82) is 0 Å². The number of terminal acetylenes is 1. The summed E-state index contributed by atoms with van der Waals surface area (Å²) in [5.74, 6) is 3.04. The number of nitrogens with one attached hydrogen (secondary N) is 2. The largest absolute Gasteiger partial charge is 0.497 e. The third kappa shape index (κ3) is 13.9. The highest BCUT2D eigenvalue weighted by Crippen LogP contribution is 2.57. The minimum absolute atomic E-state index is 0.119. The van der Waals surface area contributed by atoms with Crippen LogP contribution in [0.15, 0.2) is 113 Å². The normalized spacial score (nSPS) is 26.7. The lowest BCUT2D eigenvalue weighted by Crippen LogP contribution is -2.53. The van der Waals surface area contributed by atoms with Gasteiger partial charge in [0.1, 0.15) is 72.3 Å². The van der Waals surface area contributed by atoms with E-state index in [1.165, 1.54) is 61.2 Å². The van der Waals surface area contributed by atoms with E-state index < -0.39 is 117 Å². The molecule has 0 aliphatic carbocycles. The van der Waals surface area contributed by atoms with Crippen LogP contribution in [0.25, 0.3) is 0 Å². The smallest absolute Gasteiger partial charge is 0.475 e. The number of Topliss-reactive ketones (excluding diaryl/α,β-unsaturated/α-hetero) is 1. The molecule has 1 aromatic heterocycles. The number of aliphatic hydroxyl groups is 1. The van der Waals surface area contributed by atoms with Crippen LogP contribution >= 0.6 is 29.4 Å². The fraction of sp³-hybridized carbons (Fsp3) is 0.453. The highest BCUT2D eigenvalue weighted by atomic mass is 33.1. The topological polar surface area (TPSA) is 269 Å². The van der Waals surface area contributed by atoms with Crippen LogP contribution in [-0.4, -0.2) is 158 Å². The molecule has 3 N–H and O–H groups in total. The molecular weight excluding hydrogens is 1090 g/mol. The summed E-state index contributed by atoms with van der Waals surface area (Å²) in [6.45, 7) is 0.0773. The number of carbonyl (C=O) groups is 3. The number of urea groups is 1. The first-order chi connectivity index (χ1) is 38.1. The summed E-state index contributed by atoms with van der Waals surface area (Å²) in [6.07, 6.45) is -5.07. The van der Waals surface area contributed by atoms with Crippen molar-refractivity contribution in [2.75, 3.05) is 59.8 Å². The van der Waals surface area contributed by atoms with Crippen LogP contribution in [-0.2, 0) is 66.5 Å². The van der Waals surface area contributed by atoms with Crippen molar-refractivity contribution in [1.82, 2.24) is 19.8 Å². The van der Waals surface area contributed by atoms with E-state index in [0.29, 0.717) is 33.9 Å². The van der Waals surface area contributed by atoms with Crippen molar-refractivity contribution in [3.63, 3.8) is 0 Å². The third-order valence-electron chi connectivity index (χ3n) is 13.3. The number of esters is 1. The first kappa shape index (κ1) is 59.3. The van der Waals surface area contributed by atoms with Gasteiger partial charge in [-0.15, -0.1) is 6.42 Å². The van der Waals surface area contributed by atoms with Crippen LogP contribution in [0, 0.1) is 12.3 Å². The first-order valence-corrected chi connectivity index (χ1v) is 28.8. The van der Waals surface area contributed by atoms with Crippen molar-refractivity contribution in [2.45, 2.75) is 92.9 Å². The van der Waals surface area contributed by atoms with E-state index in [9.17, 15) is 29.1 Å². The van der Waals surface area contributed by atoms with Gasteiger partial charge in [0.05, 0.1) is 40.0 Å². The Kier molecular flexibility index (Phi) is 20.3. The molecule has 3 saturated heterocycles. The number of phosphoric ester groups is 1. The van der Waals surface area contributed by atoms with E-state index in [0.717, 1.165) is 15.5 Å². The van der Waals surface area contributed by atoms with Crippen LogP contribution in [0.2, 0.25) is 0 Å². The number of hydrogen-bond acceptors (Lipinski definition) is 21. The molecule has 4 aliphatic rings. The van der Waals surface area contributed by atoms with Crippen molar-refractivity contribution < 1.29 is 80.3 Å². The van der Waals surface area contributed by atoms with Crippen molar-refractivity contribution in [3.05, 3.63) is 141 Å². The van der Waals surface area contributed by atoms with Crippen molar-refractivity contribution in [3.8, 4) is 23.8 Å². The van der Waals surface area contributed by atoms with E-state index in [2.05, 4.69) is 16.2 Å². The molecule has 4 aliphatic heterocycles. The Labute approximate surface area is 462 Å². The lowest BCUT2D eigenvalue weighted by Gasteiger charge is -2.38. The summed E-state index contributed by atoms with van der Waals surface area (Å²) in [6, 6.07) is 24.2. The SMILES string of the molecule is C#CCOC1CSSC[C@H]1OP(=O)(OCC1O[C@H](N2C=CC(O)NC2=O)[C@H](OC)[C@@H]1OC(=O)CCC(C)=O)OC1C(COC(c2ccccc2)(c2ccc(OC)cc2)c2ccc(OC)cc2)OC(n2ccc(=O)[nH]c2=O)C1OC. The quantitative estimate of drug-likeness (QED) is 0.0268. The maximum Gasteiger partial charge on any atom is 0.475 e. The van der Waals surface area contributed by atoms with Gasteiger partial charge in [0.15, 0.2) is 18.6 Å². The Morgan fingerprint density at radius 1 is 0.785 bits per heavy atom. The average Bonchev–Trinajstić information content (AvgIpc) is 4.18. The minimum atomic E-state index is -5.12. The number of aromatic amines is 1. The highest BCUT2D eigenvalue weighted by molar-refractivity contribution is 8.76. The van der Waals surface area contributed by atoms with E-state index >= 15 is 4.57 Å². The maximum absolute atomic E-state index is 16.1. The van der Waals surface area contributed by atoms with Crippen LogP contribution in [0.5, 0.6) is 11.5 Å². The molecule has 79 heavy (non-hydrogen) atoms. The number of amides is 2. The monoisotopic (exact) mass is 1150 g/mol. The molecule has 0 radical (unpaired) electrons. The number of methoxy groups -OCH3 is 4. The number of aromatic nitrogens is 2. The number of benzene rings is 3. The Morgan fingerprint density at radius 2 is 1.39 bits per heavy atom. The van der Waals surface area contributed by atoms with Crippen LogP contribution < -0.4 is 26.0 Å². The number of H-pyrrole nitrogens is 1. The molecule has 0 bridgehead atoms. The number of rotatable bonds is 25. The Hall–Kier alpha value is -5.82. The van der Waals surface area contributed by atoms with E-state index in [-0.39, 0.29) is 31.0 Å². The van der Waals surface area contributed by atoms with Gasteiger partial charge in [0.25, 0.3) is 5.56 Å². The predicted molar refractivity (Wildman–Crippen MR) is 286 cm³/mol.